The number of rotatable bonds is 23. The summed E-state index contributed by atoms with van der Waals surface area (Å²) in [6.45, 7) is 11.2. The van der Waals surface area contributed by atoms with Crippen molar-refractivity contribution < 1.29 is 36.3 Å². The van der Waals surface area contributed by atoms with Crippen LogP contribution in [0.3, 0.4) is 0 Å². The Morgan fingerprint density at radius 2 is 1.50 bits per heavy atom. The van der Waals surface area contributed by atoms with Crippen LogP contribution in [0.5, 0.6) is 17.2 Å². The predicted molar refractivity (Wildman–Crippen MR) is 230 cm³/mol. The van der Waals surface area contributed by atoms with E-state index in [1.165, 1.54) is 11.8 Å². The molecule has 0 fully saturated rings. The molecule has 58 heavy (non-hydrogen) atoms. The average molecular weight is 824 g/mol. The van der Waals surface area contributed by atoms with Gasteiger partial charge in [-0.25, -0.2) is 4.79 Å². The fourth-order valence-corrected chi connectivity index (χ4v) is 8.38. The van der Waals surface area contributed by atoms with Crippen LogP contribution >= 0.6 is 11.8 Å². The maximum atomic E-state index is 14.2. The van der Waals surface area contributed by atoms with Gasteiger partial charge in [0, 0.05) is 9.79 Å². The first kappa shape index (κ1) is 44.0. The molecule has 5 rings (SSSR count). The molecule has 0 saturated carbocycles. The van der Waals surface area contributed by atoms with Crippen LogP contribution in [-0.4, -0.2) is 46.5 Å². The Balaban J connectivity index is 1.49. The molecule has 0 saturated heterocycles. The van der Waals surface area contributed by atoms with Crippen molar-refractivity contribution >= 4 is 28.0 Å². The van der Waals surface area contributed by atoms with Crippen molar-refractivity contribution in [2.24, 2.45) is 0 Å². The fourth-order valence-electron chi connectivity index (χ4n) is 6.08. The van der Waals surface area contributed by atoms with Gasteiger partial charge in [0.1, 0.15) is 22.1 Å². The molecular weight excluding hydrogens is 771 g/mol. The van der Waals surface area contributed by atoms with Crippen LogP contribution in [0.4, 0.5) is 4.79 Å². The first-order chi connectivity index (χ1) is 28.2. The predicted octanol–water partition coefficient (Wildman–Crippen LogP) is 11.4. The van der Waals surface area contributed by atoms with Crippen LogP contribution in [0.1, 0.15) is 64.5 Å². The molecule has 0 aliphatic rings. The number of hydrogen-bond donors (Lipinski definition) is 1. The maximum absolute atomic E-state index is 14.2. The molecule has 0 spiro atoms. The molecule has 3 atom stereocenters. The van der Waals surface area contributed by atoms with Crippen LogP contribution in [0.25, 0.3) is 11.1 Å². The van der Waals surface area contributed by atoms with Crippen LogP contribution in [0.2, 0.25) is 0 Å². The third kappa shape index (κ3) is 13.5. The highest BCUT2D eigenvalue weighted by Crippen LogP contribution is 2.39. The van der Waals surface area contributed by atoms with Crippen molar-refractivity contribution in [2.75, 3.05) is 19.8 Å². The van der Waals surface area contributed by atoms with Crippen molar-refractivity contribution in [2.45, 2.75) is 85.8 Å². The van der Waals surface area contributed by atoms with Gasteiger partial charge < -0.3 is 28.4 Å². The molecule has 0 aliphatic heterocycles. The minimum atomic E-state index is -4.32. The second-order valence-electron chi connectivity index (χ2n) is 13.6. The highest BCUT2D eigenvalue weighted by Gasteiger charge is 2.26. The Morgan fingerprint density at radius 3 is 2.19 bits per heavy atom. The molecule has 5 aromatic rings. The molecule has 5 aromatic carbocycles. The van der Waals surface area contributed by atoms with Gasteiger partial charge in [0.25, 0.3) is 0 Å². The third-order valence-corrected chi connectivity index (χ3v) is 11.7. The van der Waals surface area contributed by atoms with E-state index in [4.69, 9.17) is 23.1 Å². The number of benzene rings is 5. The summed E-state index contributed by atoms with van der Waals surface area (Å²) in [6, 6.07) is 37.0. The van der Waals surface area contributed by atoms with E-state index >= 15 is 0 Å². The topological polar surface area (TPSA) is 109 Å². The zero-order valence-electron chi connectivity index (χ0n) is 33.4. The third-order valence-electron chi connectivity index (χ3n) is 9.22. The lowest BCUT2D eigenvalue weighted by Gasteiger charge is -2.25. The quantitative estimate of drug-likeness (QED) is 0.0391. The smallest absolute Gasteiger partial charge is 0.413 e. The Hall–Kier alpha value is -5.07. The second-order valence-corrected chi connectivity index (χ2v) is 16.3. The van der Waals surface area contributed by atoms with E-state index in [1.807, 2.05) is 67.6 Å². The van der Waals surface area contributed by atoms with E-state index in [0.29, 0.717) is 35.0 Å². The lowest BCUT2D eigenvalue weighted by Crippen LogP contribution is -2.35. The number of carbonyl (C=O) groups excluding carboxylic acids is 1. The van der Waals surface area contributed by atoms with E-state index in [1.54, 1.807) is 72.8 Å². The normalized spacial score (nSPS) is 12.9. The minimum Gasteiger partial charge on any atom is -0.494 e. The lowest BCUT2D eigenvalue weighted by atomic mass is 9.95. The van der Waals surface area contributed by atoms with Gasteiger partial charge in [0.2, 0.25) is 0 Å². The van der Waals surface area contributed by atoms with Crippen molar-refractivity contribution in [3.8, 4) is 28.4 Å². The van der Waals surface area contributed by atoms with E-state index < -0.39 is 22.3 Å². The maximum Gasteiger partial charge on any atom is 0.413 e. The summed E-state index contributed by atoms with van der Waals surface area (Å²) in [7, 11) is -4.32. The second kappa shape index (κ2) is 22.8. The molecule has 0 aromatic heterocycles. The summed E-state index contributed by atoms with van der Waals surface area (Å²) in [6.07, 6.45) is 5.32. The molecule has 306 valence electrons. The van der Waals surface area contributed by atoms with Gasteiger partial charge in [-0.1, -0.05) is 105 Å². The van der Waals surface area contributed by atoms with Gasteiger partial charge in [-0.3, -0.25) is 0 Å². The number of para-hydroxylation sites is 2. The summed E-state index contributed by atoms with van der Waals surface area (Å²) in [5, 5.41) is 3.03. The fraction of sp³-hybridized carbons (Fsp3) is 0.298. The zero-order valence-corrected chi connectivity index (χ0v) is 35.0. The number of nitrogens with one attached hydrogen (secondary N) is 1. The summed E-state index contributed by atoms with van der Waals surface area (Å²) >= 11 is 1.31. The molecule has 3 unspecified atom stereocenters. The van der Waals surface area contributed by atoms with Crippen molar-refractivity contribution in [1.29, 1.82) is 0 Å². The number of amides is 1. The Kier molecular flexibility index (Phi) is 17.3. The molecule has 0 bridgehead atoms. The Bertz CT molecular complexity index is 2130. The van der Waals surface area contributed by atoms with Gasteiger partial charge >= 0.3 is 16.2 Å². The average Bonchev–Trinajstić information content (AvgIpc) is 3.24. The van der Waals surface area contributed by atoms with Crippen LogP contribution < -0.4 is 19.0 Å². The molecule has 11 heteroatoms. The molecule has 9 nitrogen and oxygen atoms in total. The van der Waals surface area contributed by atoms with Crippen molar-refractivity contribution in [1.82, 2.24) is 5.32 Å². The molecule has 1 N–H and O–H groups in total. The van der Waals surface area contributed by atoms with E-state index in [2.05, 4.69) is 25.7 Å². The lowest BCUT2D eigenvalue weighted by molar-refractivity contribution is 0.0133. The van der Waals surface area contributed by atoms with Gasteiger partial charge in [0.05, 0.1) is 38.1 Å². The molecular formula is C47H53NO8S2. The SMILES string of the molecule is C=CCOC(C)CCC(CC)OCC(NC(=O)Oc1ccccc1)c1ccccc1-c1ccc(Sc2ccc(OCCCC)cc2)c(S(=O)(=O)Oc2ccccc2)c1. The minimum absolute atomic E-state index is 0.0000139. The highest BCUT2D eigenvalue weighted by atomic mass is 32.2. The van der Waals surface area contributed by atoms with Gasteiger partial charge in [0.15, 0.2) is 0 Å². The van der Waals surface area contributed by atoms with Crippen LogP contribution in [0.15, 0.2) is 155 Å². The number of hydrogen-bond acceptors (Lipinski definition) is 9. The van der Waals surface area contributed by atoms with Gasteiger partial charge in [-0.2, -0.15) is 8.42 Å². The zero-order chi connectivity index (χ0) is 41.2. The standard InChI is InChI=1S/C47H53NO8S2/c1-5-8-32-53-38-26-28-41(29-27-38)57-45-30-24-36(33-46(45)58(50,51)56-40-19-13-10-14-20-40)42-21-15-16-22-43(42)44(48-47(49)55-39-17-11-9-12-18-39)34-54-37(7-3)25-23-35(4)52-31-6-2/h6,9-22,24,26-30,33,35,37,44H,2,5,7-8,23,25,31-32,34H2,1,3-4H3,(H,48,49). The Morgan fingerprint density at radius 1 is 0.810 bits per heavy atom. The van der Waals surface area contributed by atoms with Gasteiger partial charge in [-0.05, 0) is 110 Å². The molecule has 1 amide bonds. The molecule has 0 heterocycles. The van der Waals surface area contributed by atoms with Crippen molar-refractivity contribution in [3.05, 3.63) is 146 Å². The van der Waals surface area contributed by atoms with Gasteiger partial charge in [-0.15, -0.1) is 6.58 Å². The Labute approximate surface area is 347 Å². The van der Waals surface area contributed by atoms with Crippen molar-refractivity contribution in [3.63, 3.8) is 0 Å². The number of carbonyl (C=O) groups is 1. The van der Waals surface area contributed by atoms with E-state index in [-0.39, 0.29) is 29.5 Å². The summed E-state index contributed by atoms with van der Waals surface area (Å²) in [5.74, 6) is 1.35. The van der Waals surface area contributed by atoms with Crippen LogP contribution in [-0.2, 0) is 19.6 Å². The first-order valence-electron chi connectivity index (χ1n) is 19.7. The summed E-state index contributed by atoms with van der Waals surface area (Å²) in [4.78, 5) is 14.7. The largest absolute Gasteiger partial charge is 0.494 e. The van der Waals surface area contributed by atoms with E-state index in [0.717, 1.165) is 48.3 Å². The molecule has 0 aliphatic carbocycles. The molecule has 0 radical (unpaired) electrons. The monoisotopic (exact) mass is 823 g/mol. The van der Waals surface area contributed by atoms with E-state index in [9.17, 15) is 13.2 Å². The first-order valence-corrected chi connectivity index (χ1v) is 21.9. The number of ether oxygens (including phenoxy) is 4. The number of unbranched alkanes of at least 4 members (excludes halogenated alkanes) is 1. The highest BCUT2D eigenvalue weighted by molar-refractivity contribution is 8.00. The summed E-state index contributed by atoms with van der Waals surface area (Å²) < 4.78 is 57.8. The van der Waals surface area contributed by atoms with Crippen LogP contribution in [0, 0.1) is 0 Å². The summed E-state index contributed by atoms with van der Waals surface area (Å²) in [5.41, 5.74) is 2.03.